The third-order valence-electron chi connectivity index (χ3n) is 2.82. The van der Waals surface area contributed by atoms with Crippen molar-refractivity contribution in [1.29, 1.82) is 5.26 Å². The van der Waals surface area contributed by atoms with Crippen LogP contribution in [0.5, 0.6) is 5.75 Å². The van der Waals surface area contributed by atoms with Gasteiger partial charge < -0.3 is 9.84 Å². The number of hydrogen-bond donors (Lipinski definition) is 1. The van der Waals surface area contributed by atoms with Crippen LogP contribution in [0, 0.1) is 17.1 Å². The summed E-state index contributed by atoms with van der Waals surface area (Å²) < 4.78 is 18.5. The Bertz CT molecular complexity index is 720. The predicted octanol–water partition coefficient (Wildman–Crippen LogP) is 2.86. The molecule has 0 atom stereocenters. The van der Waals surface area contributed by atoms with Crippen LogP contribution in [0.1, 0.15) is 15.9 Å². The van der Waals surface area contributed by atoms with E-state index in [1.165, 1.54) is 37.4 Å². The van der Waals surface area contributed by atoms with Gasteiger partial charge in [-0.05, 0) is 29.8 Å². The molecule has 0 unspecified atom stereocenters. The number of methoxy groups -OCH3 is 1. The summed E-state index contributed by atoms with van der Waals surface area (Å²) >= 11 is 0. The molecule has 0 aliphatic rings. The smallest absolute Gasteiger partial charge is 0.337 e. The van der Waals surface area contributed by atoms with E-state index in [1.807, 2.05) is 6.07 Å². The van der Waals surface area contributed by atoms with Crippen molar-refractivity contribution in [3.63, 3.8) is 0 Å². The molecule has 0 saturated heterocycles. The maximum absolute atomic E-state index is 14.0. The Hall–Kier alpha value is -2.87. The number of rotatable bonds is 2. The fourth-order valence-corrected chi connectivity index (χ4v) is 1.79. The van der Waals surface area contributed by atoms with E-state index in [1.54, 1.807) is 0 Å². The van der Waals surface area contributed by atoms with Crippen LogP contribution < -0.4 is 0 Å². The van der Waals surface area contributed by atoms with Crippen molar-refractivity contribution >= 4 is 5.97 Å². The molecule has 2 rings (SSSR count). The zero-order chi connectivity index (χ0) is 14.7. The molecule has 0 saturated carbocycles. The maximum atomic E-state index is 14.0. The molecule has 20 heavy (non-hydrogen) atoms. The van der Waals surface area contributed by atoms with Crippen LogP contribution in [-0.2, 0) is 4.74 Å². The van der Waals surface area contributed by atoms with E-state index in [9.17, 15) is 14.3 Å². The molecule has 1 N–H and O–H groups in total. The van der Waals surface area contributed by atoms with Gasteiger partial charge >= 0.3 is 5.97 Å². The van der Waals surface area contributed by atoms with Gasteiger partial charge in [-0.15, -0.1) is 0 Å². The zero-order valence-corrected chi connectivity index (χ0v) is 10.6. The van der Waals surface area contributed by atoms with Gasteiger partial charge in [-0.3, -0.25) is 0 Å². The predicted molar refractivity (Wildman–Crippen MR) is 69.6 cm³/mol. The van der Waals surface area contributed by atoms with Crippen molar-refractivity contribution in [2.75, 3.05) is 7.11 Å². The van der Waals surface area contributed by atoms with Crippen LogP contribution in [0.4, 0.5) is 4.39 Å². The van der Waals surface area contributed by atoms with Crippen LogP contribution >= 0.6 is 0 Å². The number of carbonyl (C=O) groups excluding carboxylic acids is 1. The number of nitrogens with zero attached hydrogens (tertiary/aromatic N) is 1. The van der Waals surface area contributed by atoms with Gasteiger partial charge in [0.05, 0.1) is 18.2 Å². The summed E-state index contributed by atoms with van der Waals surface area (Å²) in [6.45, 7) is 0. The minimum absolute atomic E-state index is 0.0546. The van der Waals surface area contributed by atoms with Crippen LogP contribution in [-0.4, -0.2) is 18.2 Å². The second-order valence-electron chi connectivity index (χ2n) is 4.03. The lowest BCUT2D eigenvalue weighted by Gasteiger charge is -2.06. The molecule has 0 spiro atoms. The zero-order valence-electron chi connectivity index (χ0n) is 10.6. The van der Waals surface area contributed by atoms with E-state index in [0.29, 0.717) is 5.56 Å². The van der Waals surface area contributed by atoms with Crippen LogP contribution in [0.2, 0.25) is 0 Å². The van der Waals surface area contributed by atoms with E-state index < -0.39 is 11.8 Å². The van der Waals surface area contributed by atoms with Crippen molar-refractivity contribution in [2.24, 2.45) is 0 Å². The molecule has 4 nitrogen and oxygen atoms in total. The van der Waals surface area contributed by atoms with E-state index in [2.05, 4.69) is 4.74 Å². The van der Waals surface area contributed by atoms with Crippen molar-refractivity contribution < 1.29 is 19.0 Å². The topological polar surface area (TPSA) is 70.3 Å². The highest BCUT2D eigenvalue weighted by Crippen LogP contribution is 2.28. The summed E-state index contributed by atoms with van der Waals surface area (Å²) in [6.07, 6.45) is 0. The van der Waals surface area contributed by atoms with Gasteiger partial charge in [0.25, 0.3) is 0 Å². The average molecular weight is 271 g/mol. The summed E-state index contributed by atoms with van der Waals surface area (Å²) in [5.74, 6) is -1.40. The Balaban J connectivity index is 2.49. The molecule has 100 valence electrons. The fourth-order valence-electron chi connectivity index (χ4n) is 1.79. The standard InChI is InChI=1S/C15H10FNO3/c1-20-15(19)10-2-4-12(13(16)7-10)9-3-5-14(18)11(6-9)8-17/h2-7,18H,1H3. The SMILES string of the molecule is COC(=O)c1ccc(-c2ccc(O)c(C#N)c2)c(F)c1. The molecule has 2 aromatic rings. The third kappa shape index (κ3) is 2.45. The average Bonchev–Trinajstić information content (AvgIpc) is 2.47. The maximum Gasteiger partial charge on any atom is 0.337 e. The second kappa shape index (κ2) is 5.41. The van der Waals surface area contributed by atoms with Crippen molar-refractivity contribution in [1.82, 2.24) is 0 Å². The van der Waals surface area contributed by atoms with Gasteiger partial charge in [0.15, 0.2) is 0 Å². The molecule has 0 aromatic heterocycles. The minimum atomic E-state index is -0.626. The molecule has 0 fully saturated rings. The number of nitriles is 1. The quantitative estimate of drug-likeness (QED) is 0.852. The first-order valence-electron chi connectivity index (χ1n) is 5.68. The van der Waals surface area contributed by atoms with Crippen molar-refractivity contribution in [3.05, 3.63) is 53.3 Å². The van der Waals surface area contributed by atoms with Crippen molar-refractivity contribution in [3.8, 4) is 22.9 Å². The Labute approximate surface area is 114 Å². The molecular weight excluding hydrogens is 261 g/mol. The molecule has 0 aliphatic heterocycles. The van der Waals surface area contributed by atoms with Crippen LogP contribution in [0.25, 0.3) is 11.1 Å². The Morgan fingerprint density at radius 3 is 2.65 bits per heavy atom. The van der Waals surface area contributed by atoms with Gasteiger partial charge in [-0.1, -0.05) is 12.1 Å². The van der Waals surface area contributed by atoms with Crippen LogP contribution in [0.15, 0.2) is 36.4 Å². The number of aromatic hydroxyl groups is 1. The van der Waals surface area contributed by atoms with Crippen LogP contribution in [0.3, 0.4) is 0 Å². The summed E-state index contributed by atoms with van der Waals surface area (Å²) in [7, 11) is 1.22. The van der Waals surface area contributed by atoms with Gasteiger partial charge in [0, 0.05) is 5.56 Å². The van der Waals surface area contributed by atoms with E-state index in [4.69, 9.17) is 5.26 Å². The molecule has 5 heteroatoms. The van der Waals surface area contributed by atoms with Gasteiger partial charge in [0.1, 0.15) is 17.6 Å². The number of hydrogen-bond acceptors (Lipinski definition) is 4. The van der Waals surface area contributed by atoms with Crippen molar-refractivity contribution in [2.45, 2.75) is 0 Å². The highest BCUT2D eigenvalue weighted by molar-refractivity contribution is 5.90. The largest absolute Gasteiger partial charge is 0.507 e. The molecule has 0 heterocycles. The lowest BCUT2D eigenvalue weighted by molar-refractivity contribution is 0.0600. The lowest BCUT2D eigenvalue weighted by atomic mass is 10.0. The number of ether oxygens (including phenoxy) is 1. The molecule has 0 bridgehead atoms. The molecule has 0 amide bonds. The fraction of sp³-hybridized carbons (Fsp3) is 0.0667. The molecule has 2 aromatic carbocycles. The second-order valence-corrected chi connectivity index (χ2v) is 4.03. The highest BCUT2D eigenvalue weighted by atomic mass is 19.1. The summed E-state index contributed by atoms with van der Waals surface area (Å²) in [6, 6.07) is 9.94. The van der Waals surface area contributed by atoms with Gasteiger partial charge in [-0.2, -0.15) is 5.26 Å². The van der Waals surface area contributed by atoms with E-state index in [-0.39, 0.29) is 22.4 Å². The Kier molecular flexibility index (Phi) is 3.67. The Morgan fingerprint density at radius 2 is 2.05 bits per heavy atom. The van der Waals surface area contributed by atoms with E-state index in [0.717, 1.165) is 6.07 Å². The molecule has 0 radical (unpaired) electrons. The third-order valence-corrected chi connectivity index (χ3v) is 2.82. The Morgan fingerprint density at radius 1 is 1.30 bits per heavy atom. The first-order chi connectivity index (χ1) is 9.56. The van der Waals surface area contributed by atoms with Gasteiger partial charge in [-0.25, -0.2) is 9.18 Å². The normalized spacial score (nSPS) is 9.85. The summed E-state index contributed by atoms with van der Waals surface area (Å²) in [5.41, 5.74) is 0.828. The number of benzene rings is 2. The number of phenols is 1. The number of carbonyl (C=O) groups is 1. The molecule has 0 aliphatic carbocycles. The highest BCUT2D eigenvalue weighted by Gasteiger charge is 2.12. The summed E-state index contributed by atoms with van der Waals surface area (Å²) in [5, 5.41) is 18.3. The lowest BCUT2D eigenvalue weighted by Crippen LogP contribution is -2.02. The number of halogens is 1. The van der Waals surface area contributed by atoms with E-state index >= 15 is 0 Å². The first-order valence-corrected chi connectivity index (χ1v) is 5.68. The minimum Gasteiger partial charge on any atom is -0.507 e. The molecular formula is C15H10FNO3. The number of esters is 1. The number of phenolic OH excluding ortho intramolecular Hbond substituents is 1. The summed E-state index contributed by atoms with van der Waals surface area (Å²) in [4.78, 5) is 11.3. The van der Waals surface area contributed by atoms with Gasteiger partial charge in [0.2, 0.25) is 0 Å². The first kappa shape index (κ1) is 13.6. The monoisotopic (exact) mass is 271 g/mol.